The van der Waals surface area contributed by atoms with E-state index in [-0.39, 0.29) is 0 Å². The van der Waals surface area contributed by atoms with Crippen molar-refractivity contribution >= 4 is 5.69 Å². The topological polar surface area (TPSA) is 32.5 Å². The number of hydrogen-bond acceptors (Lipinski definition) is 3. The number of aryl methyl sites for hydroxylation is 1. The van der Waals surface area contributed by atoms with Crippen molar-refractivity contribution in [1.29, 1.82) is 0 Å². The number of nitrogens with zero attached hydrogens (tertiary/aromatic N) is 2. The maximum absolute atomic E-state index is 5.76. The molecule has 2 N–H and O–H groups in total. The van der Waals surface area contributed by atoms with Crippen LogP contribution in [0.1, 0.15) is 25.0 Å². The Morgan fingerprint density at radius 3 is 2.28 bits per heavy atom. The summed E-state index contributed by atoms with van der Waals surface area (Å²) in [6, 6.07) is 6.22. The first-order valence-corrected chi connectivity index (χ1v) is 6.91. The Labute approximate surface area is 112 Å². The van der Waals surface area contributed by atoms with E-state index in [1.165, 1.54) is 37.3 Å². The van der Waals surface area contributed by atoms with Gasteiger partial charge in [0.15, 0.2) is 0 Å². The van der Waals surface area contributed by atoms with E-state index in [9.17, 15) is 0 Å². The van der Waals surface area contributed by atoms with Gasteiger partial charge in [0.1, 0.15) is 0 Å². The Kier molecular flexibility index (Phi) is 6.16. The van der Waals surface area contributed by atoms with Gasteiger partial charge in [0.25, 0.3) is 0 Å². The van der Waals surface area contributed by atoms with E-state index < -0.39 is 0 Å². The number of anilines is 1. The van der Waals surface area contributed by atoms with E-state index in [1.54, 1.807) is 0 Å². The van der Waals surface area contributed by atoms with Gasteiger partial charge in [-0.15, -0.1) is 0 Å². The Morgan fingerprint density at radius 1 is 1.11 bits per heavy atom. The van der Waals surface area contributed by atoms with Crippen molar-refractivity contribution in [3.8, 4) is 0 Å². The van der Waals surface area contributed by atoms with Crippen LogP contribution in [0, 0.1) is 6.92 Å². The largest absolute Gasteiger partial charge is 0.399 e. The lowest BCUT2D eigenvalue weighted by Gasteiger charge is -2.32. The number of hydrogen-bond donors (Lipinski definition) is 1. The number of benzene rings is 1. The van der Waals surface area contributed by atoms with Crippen LogP contribution >= 0.6 is 0 Å². The minimum absolute atomic E-state index is 0.861. The summed E-state index contributed by atoms with van der Waals surface area (Å²) in [5.41, 5.74) is 9.33. The van der Waals surface area contributed by atoms with Crippen LogP contribution in [0.15, 0.2) is 18.2 Å². The molecule has 0 aliphatic carbocycles. The van der Waals surface area contributed by atoms with Crippen LogP contribution in [0.4, 0.5) is 5.69 Å². The van der Waals surface area contributed by atoms with Crippen molar-refractivity contribution in [3.63, 3.8) is 0 Å². The van der Waals surface area contributed by atoms with E-state index in [0.717, 1.165) is 12.2 Å². The van der Waals surface area contributed by atoms with Crippen molar-refractivity contribution in [2.45, 2.75) is 27.3 Å². The first kappa shape index (κ1) is 15.0. The summed E-state index contributed by atoms with van der Waals surface area (Å²) in [7, 11) is 2.19. The maximum atomic E-state index is 5.76. The fourth-order valence-corrected chi connectivity index (χ4v) is 2.14. The van der Waals surface area contributed by atoms with E-state index in [0.29, 0.717) is 0 Å². The van der Waals surface area contributed by atoms with Gasteiger partial charge < -0.3 is 10.6 Å². The zero-order valence-electron chi connectivity index (χ0n) is 12.2. The number of likely N-dealkylation sites (N-methyl/N-ethyl adjacent to an activating group) is 1. The Balaban J connectivity index is 0.000000771. The molecule has 0 saturated carbocycles. The quantitative estimate of drug-likeness (QED) is 0.817. The molecule has 0 radical (unpaired) electrons. The Bertz CT molecular complexity index is 355. The lowest BCUT2D eigenvalue weighted by atomic mass is 10.1. The van der Waals surface area contributed by atoms with Gasteiger partial charge in [-0.05, 0) is 37.2 Å². The average molecular weight is 249 g/mol. The van der Waals surface area contributed by atoms with Crippen molar-refractivity contribution in [2.75, 3.05) is 39.0 Å². The molecule has 0 atom stereocenters. The molecular weight excluding hydrogens is 222 g/mol. The summed E-state index contributed by atoms with van der Waals surface area (Å²) in [6.45, 7) is 11.9. The molecule has 3 heteroatoms. The molecule has 0 aromatic heterocycles. The zero-order chi connectivity index (χ0) is 13.5. The molecular formula is C15H27N3. The first-order valence-electron chi connectivity index (χ1n) is 6.91. The molecule has 2 rings (SSSR count). The van der Waals surface area contributed by atoms with Gasteiger partial charge in [0.2, 0.25) is 0 Å². The highest BCUT2D eigenvalue weighted by atomic mass is 15.2. The van der Waals surface area contributed by atoms with Crippen LogP contribution in [0.3, 0.4) is 0 Å². The molecule has 1 saturated heterocycles. The monoisotopic (exact) mass is 249 g/mol. The Morgan fingerprint density at radius 2 is 1.72 bits per heavy atom. The molecule has 0 spiro atoms. The normalized spacial score (nSPS) is 17.1. The molecule has 1 heterocycles. The van der Waals surface area contributed by atoms with Crippen molar-refractivity contribution in [2.24, 2.45) is 0 Å². The van der Waals surface area contributed by atoms with Gasteiger partial charge in [-0.2, -0.15) is 0 Å². The number of nitrogens with two attached hydrogens (primary N) is 1. The molecule has 3 nitrogen and oxygen atoms in total. The van der Waals surface area contributed by atoms with E-state index in [4.69, 9.17) is 5.73 Å². The highest BCUT2D eigenvalue weighted by molar-refractivity contribution is 5.44. The van der Waals surface area contributed by atoms with Crippen molar-refractivity contribution in [3.05, 3.63) is 29.3 Å². The number of rotatable bonds is 2. The van der Waals surface area contributed by atoms with Gasteiger partial charge in [-0.3, -0.25) is 4.90 Å². The molecule has 1 fully saturated rings. The summed E-state index contributed by atoms with van der Waals surface area (Å²) < 4.78 is 0. The van der Waals surface area contributed by atoms with E-state index in [2.05, 4.69) is 35.9 Å². The third-order valence-corrected chi connectivity index (χ3v) is 3.36. The third-order valence-electron chi connectivity index (χ3n) is 3.36. The SMILES string of the molecule is CC.Cc1cc(N)ccc1CN1CCN(C)CC1. The second-order valence-corrected chi connectivity index (χ2v) is 4.77. The first-order chi connectivity index (χ1) is 8.65. The average Bonchev–Trinajstić information content (AvgIpc) is 2.38. The molecule has 1 aliphatic heterocycles. The fraction of sp³-hybridized carbons (Fsp3) is 0.600. The van der Waals surface area contributed by atoms with Crippen LogP contribution in [-0.2, 0) is 6.54 Å². The van der Waals surface area contributed by atoms with Crippen LogP contribution < -0.4 is 5.73 Å². The van der Waals surface area contributed by atoms with Crippen LogP contribution in [0.2, 0.25) is 0 Å². The number of piperazine rings is 1. The molecule has 18 heavy (non-hydrogen) atoms. The van der Waals surface area contributed by atoms with Gasteiger partial charge >= 0.3 is 0 Å². The standard InChI is InChI=1S/C13H21N3.C2H6/c1-11-9-13(14)4-3-12(11)10-16-7-5-15(2)6-8-16;1-2/h3-4,9H,5-8,10,14H2,1-2H3;1-2H3. The molecule has 1 aliphatic rings. The molecule has 0 amide bonds. The van der Waals surface area contributed by atoms with Gasteiger partial charge in [0, 0.05) is 38.4 Å². The zero-order valence-corrected chi connectivity index (χ0v) is 12.2. The second-order valence-electron chi connectivity index (χ2n) is 4.77. The Hall–Kier alpha value is -1.06. The van der Waals surface area contributed by atoms with Gasteiger partial charge in [0.05, 0.1) is 0 Å². The summed E-state index contributed by atoms with van der Waals surface area (Å²) >= 11 is 0. The summed E-state index contributed by atoms with van der Waals surface area (Å²) in [4.78, 5) is 4.89. The molecule has 0 unspecified atom stereocenters. The summed E-state index contributed by atoms with van der Waals surface area (Å²) in [5, 5.41) is 0. The molecule has 102 valence electrons. The van der Waals surface area contributed by atoms with Crippen molar-refractivity contribution in [1.82, 2.24) is 9.80 Å². The minimum Gasteiger partial charge on any atom is -0.399 e. The van der Waals surface area contributed by atoms with Gasteiger partial charge in [-0.1, -0.05) is 19.9 Å². The fourth-order valence-electron chi connectivity index (χ4n) is 2.14. The third kappa shape index (κ3) is 4.31. The lowest BCUT2D eigenvalue weighted by Crippen LogP contribution is -2.43. The van der Waals surface area contributed by atoms with Crippen LogP contribution in [0.5, 0.6) is 0 Å². The minimum atomic E-state index is 0.861. The summed E-state index contributed by atoms with van der Waals surface area (Å²) in [5.74, 6) is 0. The van der Waals surface area contributed by atoms with Crippen LogP contribution in [0.25, 0.3) is 0 Å². The summed E-state index contributed by atoms with van der Waals surface area (Å²) in [6.07, 6.45) is 0. The number of nitrogen functional groups attached to an aromatic ring is 1. The van der Waals surface area contributed by atoms with Crippen molar-refractivity contribution < 1.29 is 0 Å². The molecule has 1 aromatic carbocycles. The predicted molar refractivity (Wildman–Crippen MR) is 79.7 cm³/mol. The van der Waals surface area contributed by atoms with Crippen LogP contribution in [-0.4, -0.2) is 43.0 Å². The predicted octanol–water partition coefficient (Wildman–Crippen LogP) is 2.35. The highest BCUT2D eigenvalue weighted by Gasteiger charge is 2.14. The smallest absolute Gasteiger partial charge is 0.0316 e. The lowest BCUT2D eigenvalue weighted by molar-refractivity contribution is 0.148. The maximum Gasteiger partial charge on any atom is 0.0316 e. The van der Waals surface area contributed by atoms with Gasteiger partial charge in [-0.25, -0.2) is 0 Å². The van der Waals surface area contributed by atoms with E-state index >= 15 is 0 Å². The molecule has 0 bridgehead atoms. The van der Waals surface area contributed by atoms with E-state index in [1.807, 2.05) is 19.9 Å². The highest BCUT2D eigenvalue weighted by Crippen LogP contribution is 2.15. The molecule has 1 aromatic rings. The second kappa shape index (κ2) is 7.39.